The van der Waals surface area contributed by atoms with Crippen molar-refractivity contribution in [1.29, 1.82) is 0 Å². The molecule has 0 saturated carbocycles. The van der Waals surface area contributed by atoms with Crippen LogP contribution in [-0.2, 0) is 4.79 Å². The van der Waals surface area contributed by atoms with Gasteiger partial charge in [0.1, 0.15) is 6.04 Å². The molecule has 12 heavy (non-hydrogen) atoms. The van der Waals surface area contributed by atoms with Crippen LogP contribution in [0.1, 0.15) is 20.8 Å². The molecule has 0 amide bonds. The summed E-state index contributed by atoms with van der Waals surface area (Å²) < 4.78 is 0. The summed E-state index contributed by atoms with van der Waals surface area (Å²) in [7, 11) is 0. The minimum atomic E-state index is -0.815. The average Bonchev–Trinajstić information content (AvgIpc) is 1.98. The highest BCUT2D eigenvalue weighted by Gasteiger charge is 2.21. The summed E-state index contributed by atoms with van der Waals surface area (Å²) in [4.78, 5) is 10.7. The van der Waals surface area contributed by atoms with E-state index in [1.54, 1.807) is 0 Å². The Bertz CT molecular complexity index is 148. The van der Waals surface area contributed by atoms with Crippen molar-refractivity contribution in [3.63, 3.8) is 0 Å². The first-order valence-corrected chi connectivity index (χ1v) is 4.18. The Morgan fingerprint density at radius 3 is 2.25 bits per heavy atom. The van der Waals surface area contributed by atoms with Crippen LogP contribution < -0.4 is 11.1 Å². The molecule has 2 unspecified atom stereocenters. The van der Waals surface area contributed by atoms with Crippen molar-refractivity contribution in [2.24, 2.45) is 11.7 Å². The van der Waals surface area contributed by atoms with E-state index in [0.29, 0.717) is 6.54 Å². The SMILES string of the molecule is CC(CN)NC(C(=O)O)C(C)C. The smallest absolute Gasteiger partial charge is 0.320 e. The lowest BCUT2D eigenvalue weighted by molar-refractivity contribution is -0.140. The molecule has 0 saturated heterocycles. The Morgan fingerprint density at radius 2 is 2.00 bits per heavy atom. The molecule has 72 valence electrons. The minimum absolute atomic E-state index is 0.0495. The molecule has 0 heterocycles. The van der Waals surface area contributed by atoms with Gasteiger partial charge in [-0.1, -0.05) is 13.8 Å². The van der Waals surface area contributed by atoms with Crippen LogP contribution in [0.4, 0.5) is 0 Å². The molecule has 4 heteroatoms. The summed E-state index contributed by atoms with van der Waals surface area (Å²) >= 11 is 0. The molecule has 0 aromatic heterocycles. The maximum atomic E-state index is 10.7. The van der Waals surface area contributed by atoms with E-state index in [2.05, 4.69) is 5.32 Å². The Kier molecular flexibility index (Phi) is 4.85. The number of nitrogens with one attached hydrogen (secondary N) is 1. The number of hydrogen-bond acceptors (Lipinski definition) is 3. The van der Waals surface area contributed by atoms with Crippen LogP contribution in [0.5, 0.6) is 0 Å². The zero-order valence-electron chi connectivity index (χ0n) is 7.87. The summed E-state index contributed by atoms with van der Waals surface area (Å²) in [6.07, 6.45) is 0. The van der Waals surface area contributed by atoms with Crippen LogP contribution in [-0.4, -0.2) is 29.7 Å². The number of hydrogen-bond donors (Lipinski definition) is 3. The third-order valence-corrected chi connectivity index (χ3v) is 1.75. The van der Waals surface area contributed by atoms with Gasteiger partial charge >= 0.3 is 5.97 Å². The van der Waals surface area contributed by atoms with Crippen molar-refractivity contribution in [2.75, 3.05) is 6.54 Å². The van der Waals surface area contributed by atoms with Crippen molar-refractivity contribution in [3.05, 3.63) is 0 Å². The van der Waals surface area contributed by atoms with E-state index < -0.39 is 12.0 Å². The maximum absolute atomic E-state index is 10.7. The molecule has 0 bridgehead atoms. The number of carboxylic acid groups (broad SMARTS) is 1. The first-order chi connectivity index (χ1) is 5.49. The number of nitrogens with two attached hydrogens (primary N) is 1. The highest BCUT2D eigenvalue weighted by molar-refractivity contribution is 5.73. The van der Waals surface area contributed by atoms with Gasteiger partial charge in [-0.2, -0.15) is 0 Å². The van der Waals surface area contributed by atoms with Crippen LogP contribution in [0.2, 0.25) is 0 Å². The Morgan fingerprint density at radius 1 is 1.50 bits per heavy atom. The van der Waals surface area contributed by atoms with E-state index in [1.165, 1.54) is 0 Å². The van der Waals surface area contributed by atoms with E-state index in [1.807, 2.05) is 20.8 Å². The summed E-state index contributed by atoms with van der Waals surface area (Å²) in [5, 5.41) is 11.7. The lowest BCUT2D eigenvalue weighted by Gasteiger charge is -2.21. The van der Waals surface area contributed by atoms with Crippen molar-refractivity contribution >= 4 is 5.97 Å². The second-order valence-corrected chi connectivity index (χ2v) is 3.36. The molecule has 2 atom stereocenters. The number of aliphatic carboxylic acids is 1. The van der Waals surface area contributed by atoms with Crippen LogP contribution in [0.15, 0.2) is 0 Å². The molecule has 0 radical (unpaired) electrons. The molecule has 0 aliphatic heterocycles. The topological polar surface area (TPSA) is 75.3 Å². The largest absolute Gasteiger partial charge is 0.480 e. The third kappa shape index (κ3) is 3.69. The second kappa shape index (κ2) is 5.11. The second-order valence-electron chi connectivity index (χ2n) is 3.36. The van der Waals surface area contributed by atoms with Gasteiger partial charge in [0, 0.05) is 12.6 Å². The molecule has 0 aliphatic rings. The monoisotopic (exact) mass is 174 g/mol. The van der Waals surface area contributed by atoms with Crippen molar-refractivity contribution < 1.29 is 9.90 Å². The summed E-state index contributed by atoms with van der Waals surface area (Å²) in [5.41, 5.74) is 5.37. The summed E-state index contributed by atoms with van der Waals surface area (Å²) in [5.74, 6) is -0.734. The van der Waals surface area contributed by atoms with Crippen LogP contribution in [0.3, 0.4) is 0 Å². The van der Waals surface area contributed by atoms with Gasteiger partial charge < -0.3 is 16.2 Å². The van der Waals surface area contributed by atoms with Gasteiger partial charge in [-0.15, -0.1) is 0 Å². The van der Waals surface area contributed by atoms with E-state index in [9.17, 15) is 4.79 Å². The molecule has 0 fully saturated rings. The van der Waals surface area contributed by atoms with Gasteiger partial charge in [0.2, 0.25) is 0 Å². The zero-order valence-corrected chi connectivity index (χ0v) is 7.87. The predicted molar refractivity (Wildman–Crippen MR) is 47.9 cm³/mol. The maximum Gasteiger partial charge on any atom is 0.320 e. The molecule has 0 aliphatic carbocycles. The highest BCUT2D eigenvalue weighted by Crippen LogP contribution is 2.02. The first-order valence-electron chi connectivity index (χ1n) is 4.18. The van der Waals surface area contributed by atoms with Gasteiger partial charge in [-0.3, -0.25) is 4.79 Å². The Balaban J connectivity index is 4.05. The van der Waals surface area contributed by atoms with Gasteiger partial charge in [0.15, 0.2) is 0 Å². The zero-order chi connectivity index (χ0) is 9.72. The predicted octanol–water partition coefficient (Wildman–Crippen LogP) is 0.0324. The minimum Gasteiger partial charge on any atom is -0.480 e. The normalized spacial score (nSPS) is 16.1. The molecular weight excluding hydrogens is 156 g/mol. The van der Waals surface area contributed by atoms with Crippen LogP contribution in [0, 0.1) is 5.92 Å². The molecule has 4 nitrogen and oxygen atoms in total. The van der Waals surface area contributed by atoms with E-state index in [4.69, 9.17) is 10.8 Å². The molecule has 0 rings (SSSR count). The quantitative estimate of drug-likeness (QED) is 0.550. The number of carbonyl (C=O) groups is 1. The van der Waals surface area contributed by atoms with Gasteiger partial charge in [-0.25, -0.2) is 0 Å². The molecule has 4 N–H and O–H groups in total. The number of rotatable bonds is 5. The molecular formula is C8H18N2O2. The summed E-state index contributed by atoms with van der Waals surface area (Å²) in [6.45, 7) is 6.07. The summed E-state index contributed by atoms with van der Waals surface area (Å²) in [6, 6.07) is -0.447. The van der Waals surface area contributed by atoms with E-state index in [-0.39, 0.29) is 12.0 Å². The lowest BCUT2D eigenvalue weighted by Crippen LogP contribution is -2.47. The lowest BCUT2D eigenvalue weighted by atomic mass is 10.0. The number of carboxylic acids is 1. The fourth-order valence-corrected chi connectivity index (χ4v) is 0.923. The van der Waals surface area contributed by atoms with E-state index in [0.717, 1.165) is 0 Å². The molecule has 0 aromatic rings. The first kappa shape index (κ1) is 11.4. The van der Waals surface area contributed by atoms with Crippen molar-refractivity contribution in [1.82, 2.24) is 5.32 Å². The average molecular weight is 174 g/mol. The van der Waals surface area contributed by atoms with Crippen LogP contribution >= 0.6 is 0 Å². The van der Waals surface area contributed by atoms with Gasteiger partial charge in [-0.05, 0) is 12.8 Å². The van der Waals surface area contributed by atoms with Gasteiger partial charge in [0.25, 0.3) is 0 Å². The van der Waals surface area contributed by atoms with Crippen molar-refractivity contribution in [2.45, 2.75) is 32.9 Å². The highest BCUT2D eigenvalue weighted by atomic mass is 16.4. The Labute approximate surface area is 73.1 Å². The third-order valence-electron chi connectivity index (χ3n) is 1.75. The molecule has 0 spiro atoms. The fourth-order valence-electron chi connectivity index (χ4n) is 0.923. The van der Waals surface area contributed by atoms with Gasteiger partial charge in [0.05, 0.1) is 0 Å². The molecule has 0 aromatic carbocycles. The van der Waals surface area contributed by atoms with E-state index >= 15 is 0 Å². The Hall–Kier alpha value is -0.610. The standard InChI is InChI=1S/C8H18N2O2/c1-5(2)7(8(11)12)10-6(3)4-9/h5-7,10H,4,9H2,1-3H3,(H,11,12). The van der Waals surface area contributed by atoms with Crippen LogP contribution in [0.25, 0.3) is 0 Å². The van der Waals surface area contributed by atoms with Crippen molar-refractivity contribution in [3.8, 4) is 0 Å². The fraction of sp³-hybridized carbons (Fsp3) is 0.875.